The van der Waals surface area contributed by atoms with Crippen LogP contribution in [0.25, 0.3) is 0 Å². The van der Waals surface area contributed by atoms with Crippen LogP contribution in [0.4, 0.5) is 0 Å². The molecule has 3 saturated heterocycles. The van der Waals surface area contributed by atoms with E-state index in [4.69, 9.17) is 28.4 Å². The molecular weight excluding hydrogens is 1200 g/mol. The second-order valence-corrected chi connectivity index (χ2v) is 26.7. The first kappa shape index (κ1) is 85.7. The highest BCUT2D eigenvalue weighted by atomic mass is 16.8. The molecule has 548 valence electrons. The average molecular weight is 1340 g/mol. The van der Waals surface area contributed by atoms with E-state index in [1.165, 1.54) is 161 Å². The third-order valence-corrected chi connectivity index (χ3v) is 18.5. The van der Waals surface area contributed by atoms with Gasteiger partial charge in [-0.05, 0) is 64.2 Å². The van der Waals surface area contributed by atoms with Gasteiger partial charge in [-0.2, -0.15) is 0 Å². The van der Waals surface area contributed by atoms with Crippen LogP contribution >= 0.6 is 0 Å². The molecule has 3 heterocycles. The summed E-state index contributed by atoms with van der Waals surface area (Å²) in [5.41, 5.74) is 0. The molecule has 0 aliphatic carbocycles. The van der Waals surface area contributed by atoms with Crippen LogP contribution in [0.5, 0.6) is 0 Å². The molecule has 0 radical (unpaired) electrons. The highest BCUT2D eigenvalue weighted by Gasteiger charge is 2.53. The number of unbranched alkanes of at least 4 members (excludes halogenated alkanes) is 34. The van der Waals surface area contributed by atoms with Gasteiger partial charge in [0.05, 0.1) is 38.6 Å². The Morgan fingerprint density at radius 3 is 1.19 bits per heavy atom. The van der Waals surface area contributed by atoms with Crippen LogP contribution in [0.3, 0.4) is 0 Å². The maximum Gasteiger partial charge on any atom is 0.220 e. The lowest BCUT2D eigenvalue weighted by Gasteiger charge is -2.48. The Balaban J connectivity index is 1.39. The molecule has 94 heavy (non-hydrogen) atoms. The maximum absolute atomic E-state index is 13.4. The van der Waals surface area contributed by atoms with Gasteiger partial charge in [0.2, 0.25) is 5.91 Å². The smallest absolute Gasteiger partial charge is 0.220 e. The van der Waals surface area contributed by atoms with Crippen molar-refractivity contribution in [2.24, 2.45) is 0 Å². The standard InChI is InChI=1S/C75H135NO18/c1-3-5-7-9-11-13-15-17-19-21-22-23-24-25-26-27-28-29-30-31-32-33-34-35-37-38-40-42-44-46-48-50-52-59(80)58(76-63(81)53-51-49-47-45-43-41-39-36-20-18-16-14-12-10-8-6-4-2)57-89-73-69(87)66(84)71(61(55-78)91-73)94-75-70(88)67(85)72(62(56-79)92-75)93-74-68(86)65(83)64(82)60(54-77)90-74/h6,8,12,14,18,20,42,44,50,52,58-62,64-75,77-80,82-88H,3-5,7,9-11,13,15-17,19,21-41,43,45-49,51,53-57H2,1-2H3,(H,76,81)/b8-6-,14-12-,20-18-,44-42+,52-50+. The van der Waals surface area contributed by atoms with E-state index in [9.17, 15) is 61.0 Å². The Hall–Kier alpha value is -2.51. The van der Waals surface area contributed by atoms with E-state index in [2.05, 4.69) is 67.8 Å². The maximum atomic E-state index is 13.4. The van der Waals surface area contributed by atoms with E-state index >= 15 is 0 Å². The van der Waals surface area contributed by atoms with Gasteiger partial charge >= 0.3 is 0 Å². The van der Waals surface area contributed by atoms with Crippen LogP contribution in [0, 0.1) is 0 Å². The van der Waals surface area contributed by atoms with Crippen molar-refractivity contribution in [3.05, 3.63) is 60.8 Å². The zero-order valence-corrected chi connectivity index (χ0v) is 58.2. The molecule has 3 aliphatic heterocycles. The predicted molar refractivity (Wildman–Crippen MR) is 369 cm³/mol. The number of ether oxygens (including phenoxy) is 6. The fraction of sp³-hybridized carbons (Fsp3) is 0.853. The lowest BCUT2D eigenvalue weighted by molar-refractivity contribution is -0.379. The molecular formula is C75H135NO18. The Morgan fingerprint density at radius 1 is 0.394 bits per heavy atom. The summed E-state index contributed by atoms with van der Waals surface area (Å²) in [4.78, 5) is 13.4. The quantitative estimate of drug-likeness (QED) is 0.0199. The Bertz CT molecular complexity index is 1940. The number of hydrogen-bond acceptors (Lipinski definition) is 18. The van der Waals surface area contributed by atoms with Crippen molar-refractivity contribution in [1.29, 1.82) is 0 Å². The number of carbonyl (C=O) groups excluding carboxylic acids is 1. The van der Waals surface area contributed by atoms with Crippen LogP contribution in [-0.4, -0.2) is 193 Å². The van der Waals surface area contributed by atoms with Crippen molar-refractivity contribution in [3.8, 4) is 0 Å². The van der Waals surface area contributed by atoms with Crippen molar-refractivity contribution in [1.82, 2.24) is 5.32 Å². The van der Waals surface area contributed by atoms with E-state index in [1.54, 1.807) is 6.08 Å². The third-order valence-electron chi connectivity index (χ3n) is 18.5. The average Bonchev–Trinajstić information content (AvgIpc) is 0.787. The summed E-state index contributed by atoms with van der Waals surface area (Å²) < 4.78 is 34.4. The van der Waals surface area contributed by atoms with Gasteiger partial charge in [-0.15, -0.1) is 0 Å². The SMILES string of the molecule is CC/C=C\C/C=C\C/C=C\CCCCCCCCCC(=O)NC(COC1OC(CO)C(OC2OC(CO)C(OC3OC(CO)C(O)C(O)C3O)C(O)C2O)C(O)C1O)C(O)/C=C/CC/C=C/CCCCCCCCCCCCCCCCCCCCCCCCCCCC. The van der Waals surface area contributed by atoms with E-state index in [-0.39, 0.29) is 18.9 Å². The second kappa shape index (κ2) is 56.3. The molecule has 0 spiro atoms. The molecule has 3 rings (SSSR count). The molecule has 0 saturated carbocycles. The van der Waals surface area contributed by atoms with Gasteiger partial charge in [-0.1, -0.05) is 267 Å². The molecule has 0 aromatic rings. The van der Waals surface area contributed by atoms with Crippen LogP contribution in [0.1, 0.15) is 277 Å². The zero-order valence-electron chi connectivity index (χ0n) is 58.2. The number of hydrogen-bond donors (Lipinski definition) is 12. The molecule has 12 N–H and O–H groups in total. The van der Waals surface area contributed by atoms with E-state index in [0.29, 0.717) is 12.8 Å². The summed E-state index contributed by atoms with van der Waals surface area (Å²) in [6.07, 6.45) is 43.7. The van der Waals surface area contributed by atoms with E-state index in [1.807, 2.05) is 6.08 Å². The number of nitrogens with one attached hydrogen (secondary N) is 1. The minimum Gasteiger partial charge on any atom is -0.394 e. The minimum absolute atomic E-state index is 0.222. The zero-order chi connectivity index (χ0) is 68.2. The third kappa shape index (κ3) is 37.1. The summed E-state index contributed by atoms with van der Waals surface area (Å²) in [7, 11) is 0. The van der Waals surface area contributed by atoms with Crippen molar-refractivity contribution in [3.63, 3.8) is 0 Å². The monoisotopic (exact) mass is 1340 g/mol. The normalized spacial score (nSPS) is 27.7. The van der Waals surface area contributed by atoms with Crippen molar-refractivity contribution < 1.29 is 89.4 Å². The highest BCUT2D eigenvalue weighted by molar-refractivity contribution is 5.76. The van der Waals surface area contributed by atoms with Gasteiger partial charge in [0.15, 0.2) is 18.9 Å². The van der Waals surface area contributed by atoms with Crippen molar-refractivity contribution in [2.75, 3.05) is 26.4 Å². The molecule has 3 aliphatic rings. The molecule has 1 amide bonds. The highest BCUT2D eigenvalue weighted by Crippen LogP contribution is 2.33. The number of amides is 1. The van der Waals surface area contributed by atoms with Gasteiger partial charge in [-0.25, -0.2) is 0 Å². The molecule has 19 heteroatoms. The number of carbonyl (C=O) groups is 1. The van der Waals surface area contributed by atoms with Crippen molar-refractivity contribution >= 4 is 5.91 Å². The van der Waals surface area contributed by atoms with Gasteiger partial charge in [0, 0.05) is 6.42 Å². The van der Waals surface area contributed by atoms with E-state index < -0.39 is 124 Å². The first-order chi connectivity index (χ1) is 45.8. The Labute approximate surface area is 566 Å². The lowest BCUT2D eigenvalue weighted by atomic mass is 9.96. The molecule has 3 fully saturated rings. The van der Waals surface area contributed by atoms with Gasteiger partial charge in [-0.3, -0.25) is 4.79 Å². The van der Waals surface area contributed by atoms with E-state index in [0.717, 1.165) is 83.5 Å². The summed E-state index contributed by atoms with van der Waals surface area (Å²) in [6.45, 7) is 1.61. The van der Waals surface area contributed by atoms with Crippen LogP contribution in [0.2, 0.25) is 0 Å². The number of rotatable bonds is 58. The first-order valence-electron chi connectivity index (χ1n) is 37.5. The van der Waals surface area contributed by atoms with Crippen LogP contribution in [0.15, 0.2) is 60.8 Å². The number of allylic oxidation sites excluding steroid dienone is 9. The second-order valence-electron chi connectivity index (χ2n) is 26.7. The molecule has 19 nitrogen and oxygen atoms in total. The Kier molecular flexibility index (Phi) is 51.3. The summed E-state index contributed by atoms with van der Waals surface area (Å²) in [5.74, 6) is -0.295. The van der Waals surface area contributed by atoms with Crippen molar-refractivity contribution in [2.45, 2.75) is 381 Å². The molecule has 0 aromatic carbocycles. The predicted octanol–water partition coefficient (Wildman–Crippen LogP) is 11.1. The van der Waals surface area contributed by atoms with Gasteiger partial charge < -0.3 is 89.9 Å². The summed E-state index contributed by atoms with van der Waals surface area (Å²) in [6, 6.07) is -0.999. The minimum atomic E-state index is -1.98. The summed E-state index contributed by atoms with van der Waals surface area (Å²) in [5, 5.41) is 121. The fourth-order valence-corrected chi connectivity index (χ4v) is 12.5. The number of aliphatic hydroxyl groups is 11. The Morgan fingerprint density at radius 2 is 0.745 bits per heavy atom. The van der Waals surface area contributed by atoms with Crippen LogP contribution < -0.4 is 5.32 Å². The fourth-order valence-electron chi connectivity index (χ4n) is 12.5. The molecule has 17 unspecified atom stereocenters. The molecule has 0 aromatic heterocycles. The first-order valence-corrected chi connectivity index (χ1v) is 37.5. The van der Waals surface area contributed by atoms with Gasteiger partial charge in [0.1, 0.15) is 73.2 Å². The number of aliphatic hydroxyl groups excluding tert-OH is 11. The topological polar surface area (TPSA) is 307 Å². The molecule has 17 atom stereocenters. The molecule has 0 bridgehead atoms. The van der Waals surface area contributed by atoms with Crippen LogP contribution in [-0.2, 0) is 33.2 Å². The largest absolute Gasteiger partial charge is 0.394 e. The lowest BCUT2D eigenvalue weighted by Crippen LogP contribution is -2.66. The summed E-state index contributed by atoms with van der Waals surface area (Å²) >= 11 is 0. The van der Waals surface area contributed by atoms with Gasteiger partial charge in [0.25, 0.3) is 0 Å².